The minimum atomic E-state index is 0.0126. The first-order valence-corrected chi connectivity index (χ1v) is 9.38. The number of ketones is 1. The number of benzene rings is 1. The van der Waals surface area contributed by atoms with Gasteiger partial charge >= 0.3 is 0 Å². The van der Waals surface area contributed by atoms with Crippen LogP contribution in [0, 0.1) is 5.92 Å². The molecule has 0 radical (unpaired) electrons. The molecule has 2 aliphatic heterocycles. The molecule has 4 rings (SSSR count). The van der Waals surface area contributed by atoms with Gasteiger partial charge in [-0.2, -0.15) is 0 Å². The quantitative estimate of drug-likeness (QED) is 0.830. The fourth-order valence-corrected chi connectivity index (χ4v) is 4.39. The van der Waals surface area contributed by atoms with Gasteiger partial charge in [0.25, 0.3) is 5.91 Å². The van der Waals surface area contributed by atoms with E-state index in [1.807, 2.05) is 21.9 Å². The molecule has 2 amide bonds. The predicted octanol–water partition coefficient (Wildman–Crippen LogP) is 2.29. The van der Waals surface area contributed by atoms with Gasteiger partial charge in [-0.3, -0.25) is 14.4 Å². The van der Waals surface area contributed by atoms with E-state index in [4.69, 9.17) is 0 Å². The number of rotatable bonds is 2. The highest BCUT2D eigenvalue weighted by Crippen LogP contribution is 2.28. The Morgan fingerprint density at radius 2 is 1.64 bits per heavy atom. The lowest BCUT2D eigenvalue weighted by molar-refractivity contribution is -0.135. The lowest BCUT2D eigenvalue weighted by atomic mass is 9.94. The standard InChI is InChI=1S/C20H24N2O3/c23-18-7-6-15-16(18)4-3-5-17(15)20(25)22-12-8-14(9-13-22)19(24)21-10-1-2-11-21/h3-5,14H,1-2,6-13H2. The molecule has 2 heterocycles. The third-order valence-electron chi connectivity index (χ3n) is 5.86. The first-order chi connectivity index (χ1) is 12.1. The first-order valence-electron chi connectivity index (χ1n) is 9.38. The predicted molar refractivity (Wildman–Crippen MR) is 93.5 cm³/mol. The van der Waals surface area contributed by atoms with Crippen LogP contribution in [-0.4, -0.2) is 53.6 Å². The van der Waals surface area contributed by atoms with E-state index in [0.29, 0.717) is 37.1 Å². The van der Waals surface area contributed by atoms with Gasteiger partial charge in [-0.1, -0.05) is 12.1 Å². The third kappa shape index (κ3) is 2.96. The number of piperidine rings is 1. The number of likely N-dealkylation sites (tertiary alicyclic amines) is 2. The summed E-state index contributed by atoms with van der Waals surface area (Å²) in [4.78, 5) is 41.2. The average molecular weight is 340 g/mol. The monoisotopic (exact) mass is 340 g/mol. The van der Waals surface area contributed by atoms with Crippen molar-refractivity contribution in [3.05, 3.63) is 34.9 Å². The van der Waals surface area contributed by atoms with Crippen molar-refractivity contribution in [2.45, 2.75) is 38.5 Å². The summed E-state index contributed by atoms with van der Waals surface area (Å²) in [5, 5.41) is 0. The van der Waals surface area contributed by atoms with Crippen molar-refractivity contribution >= 4 is 17.6 Å². The van der Waals surface area contributed by atoms with E-state index in [2.05, 4.69) is 0 Å². The van der Waals surface area contributed by atoms with E-state index in [1.54, 1.807) is 6.07 Å². The van der Waals surface area contributed by atoms with E-state index in [1.165, 1.54) is 0 Å². The zero-order chi connectivity index (χ0) is 17.4. The van der Waals surface area contributed by atoms with Crippen LogP contribution in [0.4, 0.5) is 0 Å². The number of carbonyl (C=O) groups excluding carboxylic acids is 3. The highest BCUT2D eigenvalue weighted by molar-refractivity contribution is 6.05. The molecule has 0 aromatic heterocycles. The number of hydrogen-bond acceptors (Lipinski definition) is 3. The fourth-order valence-electron chi connectivity index (χ4n) is 4.39. The average Bonchev–Trinajstić information content (AvgIpc) is 3.31. The molecule has 5 nitrogen and oxygen atoms in total. The van der Waals surface area contributed by atoms with E-state index >= 15 is 0 Å². The normalized spacial score (nSPS) is 20.9. The van der Waals surface area contributed by atoms with Crippen LogP contribution < -0.4 is 0 Å². The Bertz CT molecular complexity index is 714. The molecule has 2 fully saturated rings. The molecule has 0 spiro atoms. The first kappa shape index (κ1) is 16.3. The van der Waals surface area contributed by atoms with Gasteiger partial charge in [0.05, 0.1) is 0 Å². The van der Waals surface area contributed by atoms with Gasteiger partial charge in [0, 0.05) is 49.6 Å². The third-order valence-corrected chi connectivity index (χ3v) is 5.86. The summed E-state index contributed by atoms with van der Waals surface area (Å²) >= 11 is 0. The number of hydrogen-bond donors (Lipinski definition) is 0. The number of Topliss-reactive ketones (excluding diaryl/α,β-unsaturated/α-hetero) is 1. The van der Waals surface area contributed by atoms with E-state index in [0.717, 1.165) is 44.3 Å². The van der Waals surface area contributed by atoms with Gasteiger partial charge < -0.3 is 9.80 Å². The Labute approximate surface area is 148 Å². The molecule has 1 aliphatic carbocycles. The van der Waals surface area contributed by atoms with Gasteiger partial charge in [-0.05, 0) is 43.7 Å². The summed E-state index contributed by atoms with van der Waals surface area (Å²) in [6, 6.07) is 5.46. The van der Waals surface area contributed by atoms with Crippen LogP contribution in [-0.2, 0) is 11.2 Å². The lowest BCUT2D eigenvalue weighted by Crippen LogP contribution is -2.44. The topological polar surface area (TPSA) is 57.7 Å². The largest absolute Gasteiger partial charge is 0.342 e. The van der Waals surface area contributed by atoms with E-state index in [9.17, 15) is 14.4 Å². The molecule has 25 heavy (non-hydrogen) atoms. The Morgan fingerprint density at radius 3 is 2.36 bits per heavy atom. The second kappa shape index (κ2) is 6.62. The van der Waals surface area contributed by atoms with Gasteiger partial charge in [0.2, 0.25) is 5.91 Å². The highest BCUT2D eigenvalue weighted by atomic mass is 16.2. The molecule has 132 valence electrons. The summed E-state index contributed by atoms with van der Waals surface area (Å²) in [7, 11) is 0. The van der Waals surface area contributed by atoms with Crippen molar-refractivity contribution in [2.24, 2.45) is 5.92 Å². The number of nitrogens with zero attached hydrogens (tertiary/aromatic N) is 2. The summed E-state index contributed by atoms with van der Waals surface area (Å²) in [6.45, 7) is 3.03. The summed E-state index contributed by atoms with van der Waals surface area (Å²) in [5.74, 6) is 0.485. The molecule has 5 heteroatoms. The zero-order valence-corrected chi connectivity index (χ0v) is 14.5. The molecule has 0 unspecified atom stereocenters. The fraction of sp³-hybridized carbons (Fsp3) is 0.550. The van der Waals surface area contributed by atoms with Crippen molar-refractivity contribution in [3.8, 4) is 0 Å². The smallest absolute Gasteiger partial charge is 0.254 e. The maximum Gasteiger partial charge on any atom is 0.254 e. The van der Waals surface area contributed by atoms with Gasteiger partial charge in [0.1, 0.15) is 0 Å². The molecular weight excluding hydrogens is 316 g/mol. The van der Waals surface area contributed by atoms with E-state index in [-0.39, 0.29) is 23.5 Å². The zero-order valence-electron chi connectivity index (χ0n) is 14.5. The Hall–Kier alpha value is -2.17. The molecule has 2 saturated heterocycles. The summed E-state index contributed by atoms with van der Waals surface area (Å²) < 4.78 is 0. The lowest BCUT2D eigenvalue weighted by Gasteiger charge is -2.33. The maximum atomic E-state index is 12.9. The van der Waals surface area contributed by atoms with Crippen LogP contribution in [0.2, 0.25) is 0 Å². The SMILES string of the molecule is O=C1CCc2c1cccc2C(=O)N1CCC(C(=O)N2CCCC2)CC1. The summed E-state index contributed by atoms with van der Waals surface area (Å²) in [5.41, 5.74) is 2.30. The maximum absolute atomic E-state index is 12.9. The molecule has 1 aromatic carbocycles. The highest BCUT2D eigenvalue weighted by Gasteiger charge is 2.33. The van der Waals surface area contributed by atoms with Gasteiger partial charge in [-0.25, -0.2) is 0 Å². The Balaban J connectivity index is 1.42. The van der Waals surface area contributed by atoms with Gasteiger partial charge in [0.15, 0.2) is 5.78 Å². The van der Waals surface area contributed by atoms with E-state index < -0.39 is 0 Å². The molecule has 3 aliphatic rings. The van der Waals surface area contributed by atoms with Crippen molar-refractivity contribution in [3.63, 3.8) is 0 Å². The molecular formula is C20H24N2O3. The van der Waals surface area contributed by atoms with Gasteiger partial charge in [-0.15, -0.1) is 0 Å². The van der Waals surface area contributed by atoms with Crippen molar-refractivity contribution in [1.82, 2.24) is 9.80 Å². The Morgan fingerprint density at radius 1 is 0.920 bits per heavy atom. The molecule has 0 atom stereocenters. The van der Waals surface area contributed by atoms with Crippen LogP contribution in [0.5, 0.6) is 0 Å². The second-order valence-corrected chi connectivity index (χ2v) is 7.35. The molecule has 1 aromatic rings. The van der Waals surface area contributed by atoms with Crippen LogP contribution in [0.3, 0.4) is 0 Å². The summed E-state index contributed by atoms with van der Waals surface area (Å²) in [6.07, 6.45) is 4.89. The Kier molecular flexibility index (Phi) is 4.32. The molecule has 0 saturated carbocycles. The molecule has 0 N–H and O–H groups in total. The minimum absolute atomic E-state index is 0.0126. The van der Waals surface area contributed by atoms with Crippen LogP contribution in [0.15, 0.2) is 18.2 Å². The number of amides is 2. The second-order valence-electron chi connectivity index (χ2n) is 7.35. The minimum Gasteiger partial charge on any atom is -0.342 e. The number of fused-ring (bicyclic) bond motifs is 1. The molecule has 0 bridgehead atoms. The van der Waals surface area contributed by atoms with Crippen LogP contribution >= 0.6 is 0 Å². The number of carbonyl (C=O) groups is 3. The van der Waals surface area contributed by atoms with Crippen molar-refractivity contribution in [2.75, 3.05) is 26.2 Å². The van der Waals surface area contributed by atoms with Crippen molar-refractivity contribution in [1.29, 1.82) is 0 Å². The van der Waals surface area contributed by atoms with Crippen LogP contribution in [0.25, 0.3) is 0 Å². The van der Waals surface area contributed by atoms with Crippen LogP contribution in [0.1, 0.15) is 58.4 Å². The van der Waals surface area contributed by atoms with Crippen molar-refractivity contribution < 1.29 is 14.4 Å².